The highest BCUT2D eigenvalue weighted by atomic mass is 35.5. The molecule has 2 heterocycles. The minimum Gasteiger partial charge on any atom is -0.325 e. The molecule has 0 fully saturated rings. The van der Waals surface area contributed by atoms with Gasteiger partial charge in [-0.05, 0) is 53.9 Å². The van der Waals surface area contributed by atoms with Crippen molar-refractivity contribution in [3.05, 3.63) is 104 Å². The monoisotopic (exact) mass is 448 g/mol. The van der Waals surface area contributed by atoms with Crippen LogP contribution >= 0.6 is 11.6 Å². The Hall–Kier alpha value is -3.71. The van der Waals surface area contributed by atoms with Crippen LogP contribution in [0.15, 0.2) is 76.4 Å². The van der Waals surface area contributed by atoms with Crippen LogP contribution < -0.4 is 16.6 Å². The predicted molar refractivity (Wildman–Crippen MR) is 125 cm³/mol. The zero-order valence-electron chi connectivity index (χ0n) is 17.4. The Labute approximate surface area is 188 Å². The predicted octanol–water partition coefficient (Wildman–Crippen LogP) is 3.46. The number of aromatic nitrogens is 3. The highest BCUT2D eigenvalue weighted by molar-refractivity contribution is 6.30. The Kier molecular flexibility index (Phi) is 6.18. The Morgan fingerprint density at radius 2 is 1.66 bits per heavy atom. The van der Waals surface area contributed by atoms with Crippen molar-refractivity contribution in [1.29, 1.82) is 0 Å². The summed E-state index contributed by atoms with van der Waals surface area (Å²) in [7, 11) is 0. The number of anilines is 1. The summed E-state index contributed by atoms with van der Waals surface area (Å²) in [6.07, 6.45) is 2.39. The number of nitrogens with zero attached hydrogens (tertiary/aromatic N) is 3. The summed E-state index contributed by atoms with van der Waals surface area (Å²) < 4.78 is 2.33. The van der Waals surface area contributed by atoms with E-state index in [1.807, 2.05) is 24.3 Å². The molecular formula is C24H21ClN4O3. The van der Waals surface area contributed by atoms with Gasteiger partial charge in [0.05, 0.1) is 11.9 Å². The molecule has 0 saturated carbocycles. The van der Waals surface area contributed by atoms with Crippen LogP contribution in [0, 0.1) is 0 Å². The summed E-state index contributed by atoms with van der Waals surface area (Å²) in [5.41, 5.74) is 1.64. The van der Waals surface area contributed by atoms with Crippen molar-refractivity contribution in [2.24, 2.45) is 0 Å². The maximum atomic E-state index is 13.2. The van der Waals surface area contributed by atoms with Crippen molar-refractivity contribution < 1.29 is 4.79 Å². The fraction of sp³-hybridized carbons (Fsp3) is 0.167. The van der Waals surface area contributed by atoms with E-state index in [1.54, 1.807) is 36.4 Å². The number of fused-ring (bicyclic) bond motifs is 1. The van der Waals surface area contributed by atoms with Gasteiger partial charge in [-0.25, -0.2) is 9.78 Å². The number of amides is 1. The van der Waals surface area contributed by atoms with E-state index in [-0.39, 0.29) is 30.0 Å². The highest BCUT2D eigenvalue weighted by Crippen LogP contribution is 2.12. The smallest absolute Gasteiger partial charge is 0.325 e. The summed E-state index contributed by atoms with van der Waals surface area (Å²) in [5, 5.41) is 3.62. The number of hydrogen-bond acceptors (Lipinski definition) is 4. The summed E-state index contributed by atoms with van der Waals surface area (Å²) in [4.78, 5) is 43.1. The van der Waals surface area contributed by atoms with Crippen molar-refractivity contribution in [3.63, 3.8) is 0 Å². The van der Waals surface area contributed by atoms with E-state index in [4.69, 9.17) is 11.6 Å². The fourth-order valence-electron chi connectivity index (χ4n) is 3.47. The first-order chi connectivity index (χ1) is 15.5. The Balaban J connectivity index is 1.71. The molecule has 32 heavy (non-hydrogen) atoms. The van der Waals surface area contributed by atoms with E-state index in [1.165, 1.54) is 10.8 Å². The lowest BCUT2D eigenvalue weighted by molar-refractivity contribution is -0.116. The molecule has 4 aromatic rings. The molecule has 2 aromatic carbocycles. The molecule has 0 unspecified atom stereocenters. The van der Waals surface area contributed by atoms with Gasteiger partial charge in [-0.15, -0.1) is 0 Å². The third-order valence-corrected chi connectivity index (χ3v) is 5.43. The molecule has 0 aliphatic rings. The van der Waals surface area contributed by atoms with Crippen LogP contribution in [0.2, 0.25) is 5.02 Å². The lowest BCUT2D eigenvalue weighted by atomic mass is 10.1. The number of halogens is 1. The summed E-state index contributed by atoms with van der Waals surface area (Å²) in [6.45, 7) is 1.83. The zero-order valence-corrected chi connectivity index (χ0v) is 18.2. The standard InChI is InChI=1S/C24H21ClN4O3/c1-2-16-7-11-19(12-8-16)27-21(30)15-28-22-20(4-3-13-26-22)23(31)29(24(28)32)14-17-5-9-18(25)10-6-17/h3-13H,2,14-15H2,1H3,(H,27,30). The molecule has 0 bridgehead atoms. The van der Waals surface area contributed by atoms with Crippen molar-refractivity contribution in [2.45, 2.75) is 26.4 Å². The first-order valence-electron chi connectivity index (χ1n) is 10.2. The molecule has 7 nitrogen and oxygen atoms in total. The summed E-state index contributed by atoms with van der Waals surface area (Å²) in [5.74, 6) is -0.389. The summed E-state index contributed by atoms with van der Waals surface area (Å²) >= 11 is 5.93. The molecule has 0 spiro atoms. The van der Waals surface area contributed by atoms with Crippen LogP contribution in [0.1, 0.15) is 18.1 Å². The van der Waals surface area contributed by atoms with Crippen molar-refractivity contribution >= 4 is 34.2 Å². The quantitative estimate of drug-likeness (QED) is 0.489. The normalized spacial score (nSPS) is 10.9. The molecular weight excluding hydrogens is 428 g/mol. The maximum Gasteiger partial charge on any atom is 0.333 e. The van der Waals surface area contributed by atoms with Crippen molar-refractivity contribution in [1.82, 2.24) is 14.1 Å². The van der Waals surface area contributed by atoms with Crippen LogP contribution in [-0.4, -0.2) is 20.0 Å². The molecule has 1 amide bonds. The average Bonchev–Trinajstić information content (AvgIpc) is 2.81. The van der Waals surface area contributed by atoms with Gasteiger partial charge in [0, 0.05) is 16.9 Å². The molecule has 0 radical (unpaired) electrons. The second-order valence-corrected chi connectivity index (χ2v) is 7.80. The third-order valence-electron chi connectivity index (χ3n) is 5.18. The number of pyridine rings is 1. The molecule has 0 saturated heterocycles. The molecule has 0 aliphatic carbocycles. The van der Waals surface area contributed by atoms with Gasteiger partial charge in [0.15, 0.2) is 0 Å². The van der Waals surface area contributed by atoms with Gasteiger partial charge in [0.2, 0.25) is 5.91 Å². The molecule has 4 rings (SSSR count). The molecule has 2 aromatic heterocycles. The Bertz CT molecular complexity index is 1390. The molecule has 162 valence electrons. The van der Waals surface area contributed by atoms with E-state index >= 15 is 0 Å². The zero-order chi connectivity index (χ0) is 22.7. The van der Waals surface area contributed by atoms with Crippen LogP contribution in [0.4, 0.5) is 5.69 Å². The lowest BCUT2D eigenvalue weighted by Crippen LogP contribution is -2.42. The van der Waals surface area contributed by atoms with Gasteiger partial charge in [-0.1, -0.05) is 42.8 Å². The Morgan fingerprint density at radius 3 is 2.34 bits per heavy atom. The van der Waals surface area contributed by atoms with Crippen LogP contribution in [0.3, 0.4) is 0 Å². The molecule has 1 N–H and O–H groups in total. The van der Waals surface area contributed by atoms with Crippen molar-refractivity contribution in [3.8, 4) is 0 Å². The SMILES string of the molecule is CCc1ccc(NC(=O)Cn2c(=O)n(Cc3ccc(Cl)cc3)c(=O)c3cccnc32)cc1. The van der Waals surface area contributed by atoms with Gasteiger partial charge in [0.1, 0.15) is 12.2 Å². The first kappa shape index (κ1) is 21.5. The molecule has 0 atom stereocenters. The van der Waals surface area contributed by atoms with E-state index in [0.29, 0.717) is 10.7 Å². The van der Waals surface area contributed by atoms with Gasteiger partial charge in [0.25, 0.3) is 5.56 Å². The first-order valence-corrected chi connectivity index (χ1v) is 10.6. The minimum absolute atomic E-state index is 0.0553. The number of hydrogen-bond donors (Lipinski definition) is 1. The second-order valence-electron chi connectivity index (χ2n) is 7.36. The van der Waals surface area contributed by atoms with Crippen LogP contribution in [0.25, 0.3) is 11.0 Å². The Morgan fingerprint density at radius 1 is 0.969 bits per heavy atom. The van der Waals surface area contributed by atoms with E-state index < -0.39 is 11.2 Å². The minimum atomic E-state index is -0.604. The highest BCUT2D eigenvalue weighted by Gasteiger charge is 2.16. The summed E-state index contributed by atoms with van der Waals surface area (Å²) in [6, 6.07) is 17.6. The fourth-order valence-corrected chi connectivity index (χ4v) is 3.60. The number of carbonyl (C=O) groups is 1. The number of benzene rings is 2. The van der Waals surface area contributed by atoms with E-state index in [2.05, 4.69) is 17.2 Å². The maximum absolute atomic E-state index is 13.2. The van der Waals surface area contributed by atoms with E-state index in [9.17, 15) is 14.4 Å². The van der Waals surface area contributed by atoms with Gasteiger partial charge in [-0.3, -0.25) is 18.7 Å². The number of rotatable bonds is 6. The second kappa shape index (κ2) is 9.20. The average molecular weight is 449 g/mol. The van der Waals surface area contributed by atoms with Gasteiger partial charge < -0.3 is 5.32 Å². The molecule has 8 heteroatoms. The topological polar surface area (TPSA) is 86.0 Å². The lowest BCUT2D eigenvalue weighted by Gasteiger charge is -2.14. The number of carbonyl (C=O) groups excluding carboxylic acids is 1. The van der Waals surface area contributed by atoms with Crippen LogP contribution in [0.5, 0.6) is 0 Å². The van der Waals surface area contributed by atoms with Gasteiger partial charge >= 0.3 is 5.69 Å². The van der Waals surface area contributed by atoms with Crippen LogP contribution in [-0.2, 0) is 24.3 Å². The molecule has 0 aliphatic heterocycles. The number of nitrogens with one attached hydrogen (secondary N) is 1. The number of aryl methyl sites for hydroxylation is 1. The third kappa shape index (κ3) is 4.48. The van der Waals surface area contributed by atoms with Gasteiger partial charge in [-0.2, -0.15) is 0 Å². The van der Waals surface area contributed by atoms with Crippen molar-refractivity contribution in [2.75, 3.05) is 5.32 Å². The van der Waals surface area contributed by atoms with E-state index in [0.717, 1.165) is 22.1 Å². The largest absolute Gasteiger partial charge is 0.333 e.